The van der Waals surface area contributed by atoms with E-state index in [1.807, 2.05) is 84.9 Å². The molecule has 6 aromatic rings. The molecule has 1 aromatic heterocycles. The first kappa shape index (κ1) is 32.2. The van der Waals surface area contributed by atoms with Crippen molar-refractivity contribution < 1.29 is 19.1 Å². The van der Waals surface area contributed by atoms with Crippen molar-refractivity contribution >= 4 is 67.9 Å². The molecule has 0 saturated carbocycles. The van der Waals surface area contributed by atoms with E-state index in [0.29, 0.717) is 27.7 Å². The molecule has 1 unspecified atom stereocenters. The zero-order valence-electron chi connectivity index (χ0n) is 25.8. The minimum absolute atomic E-state index is 0.0439. The molecule has 6 rings (SSSR count). The fourth-order valence-electron chi connectivity index (χ4n) is 4.83. The average molecular weight is 671 g/mol. The number of methoxy groups -OCH3 is 1. The van der Waals surface area contributed by atoms with Crippen molar-refractivity contribution in [1.29, 1.82) is 0 Å². The number of para-hydroxylation sites is 2. The predicted octanol–water partition coefficient (Wildman–Crippen LogP) is 8.19. The third kappa shape index (κ3) is 7.98. The SMILES string of the molecule is COc1ccccc1/C=C(\NC(=O)c1ccccc1)C(=O)Nc1ccc(SC(C(=O)Nc2nc3ccccc3s2)c2ccccc2)cc1. The largest absolute Gasteiger partial charge is 0.496 e. The topological polar surface area (TPSA) is 109 Å². The average Bonchev–Trinajstić information content (AvgIpc) is 3.54. The Hall–Kier alpha value is -5.71. The number of thiazole rings is 1. The first-order valence-electron chi connectivity index (χ1n) is 15.0. The van der Waals surface area contributed by atoms with Crippen LogP contribution < -0.4 is 20.7 Å². The highest BCUT2D eigenvalue weighted by molar-refractivity contribution is 8.00. The number of fused-ring (bicyclic) bond motifs is 1. The van der Waals surface area contributed by atoms with Crippen LogP contribution in [0.4, 0.5) is 10.8 Å². The summed E-state index contributed by atoms with van der Waals surface area (Å²) in [6.07, 6.45) is 1.58. The predicted molar refractivity (Wildman–Crippen MR) is 193 cm³/mol. The summed E-state index contributed by atoms with van der Waals surface area (Å²) in [6.45, 7) is 0. The number of thioether (sulfide) groups is 1. The second-order valence-electron chi connectivity index (χ2n) is 10.5. The van der Waals surface area contributed by atoms with Crippen LogP contribution in [0.5, 0.6) is 5.75 Å². The monoisotopic (exact) mass is 670 g/mol. The summed E-state index contributed by atoms with van der Waals surface area (Å²) in [7, 11) is 1.54. The lowest BCUT2D eigenvalue weighted by Crippen LogP contribution is -2.30. The van der Waals surface area contributed by atoms with Crippen LogP contribution in [0, 0.1) is 0 Å². The number of rotatable bonds is 11. The van der Waals surface area contributed by atoms with Crippen LogP contribution in [0.1, 0.15) is 26.7 Å². The zero-order valence-corrected chi connectivity index (χ0v) is 27.4. The normalized spacial score (nSPS) is 11.8. The smallest absolute Gasteiger partial charge is 0.272 e. The maximum Gasteiger partial charge on any atom is 0.272 e. The summed E-state index contributed by atoms with van der Waals surface area (Å²) >= 11 is 2.82. The maximum atomic E-state index is 13.6. The van der Waals surface area contributed by atoms with E-state index in [1.165, 1.54) is 23.1 Å². The molecular formula is C38H30N4O4S2. The Balaban J connectivity index is 1.19. The lowest BCUT2D eigenvalue weighted by Gasteiger charge is -2.17. The maximum absolute atomic E-state index is 13.6. The molecular weight excluding hydrogens is 641 g/mol. The fraction of sp³-hybridized carbons (Fsp3) is 0.0526. The van der Waals surface area contributed by atoms with Crippen molar-refractivity contribution in [2.45, 2.75) is 10.1 Å². The van der Waals surface area contributed by atoms with Gasteiger partial charge in [0.2, 0.25) is 5.91 Å². The van der Waals surface area contributed by atoms with Gasteiger partial charge in [0.25, 0.3) is 11.8 Å². The third-order valence-electron chi connectivity index (χ3n) is 7.20. The van der Waals surface area contributed by atoms with Crippen LogP contribution in [0.3, 0.4) is 0 Å². The fourth-order valence-corrected chi connectivity index (χ4v) is 6.73. The third-order valence-corrected chi connectivity index (χ3v) is 9.42. The van der Waals surface area contributed by atoms with Crippen LogP contribution >= 0.6 is 23.1 Å². The van der Waals surface area contributed by atoms with E-state index in [4.69, 9.17) is 4.74 Å². The molecule has 5 aromatic carbocycles. The molecule has 0 aliphatic heterocycles. The molecule has 3 N–H and O–H groups in total. The zero-order chi connectivity index (χ0) is 33.3. The summed E-state index contributed by atoms with van der Waals surface area (Å²) in [5, 5.41) is 8.61. The van der Waals surface area contributed by atoms with Crippen molar-refractivity contribution in [1.82, 2.24) is 10.3 Å². The number of aromatic nitrogens is 1. The van der Waals surface area contributed by atoms with Gasteiger partial charge in [-0.15, -0.1) is 11.8 Å². The van der Waals surface area contributed by atoms with Crippen molar-refractivity contribution in [3.8, 4) is 5.75 Å². The highest BCUT2D eigenvalue weighted by Crippen LogP contribution is 2.37. The van der Waals surface area contributed by atoms with Gasteiger partial charge < -0.3 is 20.7 Å². The lowest BCUT2D eigenvalue weighted by molar-refractivity contribution is -0.116. The Morgan fingerprint density at radius 2 is 1.44 bits per heavy atom. The summed E-state index contributed by atoms with van der Waals surface area (Å²) < 4.78 is 6.45. The number of ether oxygens (including phenoxy) is 1. The molecule has 0 fully saturated rings. The number of benzene rings is 5. The van der Waals surface area contributed by atoms with Crippen LogP contribution in [0.15, 0.2) is 144 Å². The number of anilines is 2. The van der Waals surface area contributed by atoms with Gasteiger partial charge in [0, 0.05) is 21.7 Å². The van der Waals surface area contributed by atoms with E-state index in [9.17, 15) is 14.4 Å². The van der Waals surface area contributed by atoms with Crippen LogP contribution in [-0.4, -0.2) is 29.8 Å². The van der Waals surface area contributed by atoms with E-state index >= 15 is 0 Å². The minimum Gasteiger partial charge on any atom is -0.496 e. The van der Waals surface area contributed by atoms with Crippen molar-refractivity contribution in [3.05, 3.63) is 156 Å². The van der Waals surface area contributed by atoms with Crippen LogP contribution in [-0.2, 0) is 9.59 Å². The molecule has 1 heterocycles. The Morgan fingerprint density at radius 3 is 2.17 bits per heavy atom. The van der Waals surface area contributed by atoms with Gasteiger partial charge in [-0.1, -0.05) is 90.2 Å². The molecule has 3 amide bonds. The van der Waals surface area contributed by atoms with Crippen molar-refractivity contribution in [2.75, 3.05) is 17.7 Å². The van der Waals surface area contributed by atoms with Gasteiger partial charge in [-0.3, -0.25) is 14.4 Å². The van der Waals surface area contributed by atoms with Gasteiger partial charge in [-0.2, -0.15) is 0 Å². The van der Waals surface area contributed by atoms with Gasteiger partial charge >= 0.3 is 0 Å². The summed E-state index contributed by atoms with van der Waals surface area (Å²) in [5.41, 5.74) is 3.28. The van der Waals surface area contributed by atoms with Gasteiger partial charge in [0.15, 0.2) is 5.13 Å². The molecule has 0 bridgehead atoms. The standard InChI is InChI=1S/C38H30N4O4S2/c1-46-32-18-10-8-16-27(32)24-31(40-35(43)26-14-6-3-7-15-26)36(44)39-28-20-22-29(23-21-28)47-34(25-12-4-2-5-13-25)37(45)42-38-41-30-17-9-11-19-33(30)48-38/h2-24,34H,1H3,(H,39,44)(H,40,43)(H,41,42,45)/b31-24-. The number of hydrogen-bond acceptors (Lipinski definition) is 7. The second-order valence-corrected chi connectivity index (χ2v) is 12.7. The Morgan fingerprint density at radius 1 is 0.771 bits per heavy atom. The number of carbonyl (C=O) groups is 3. The number of hydrogen-bond donors (Lipinski definition) is 3. The van der Waals surface area contributed by atoms with E-state index in [2.05, 4.69) is 20.9 Å². The lowest BCUT2D eigenvalue weighted by atomic mass is 10.1. The molecule has 10 heteroatoms. The number of carbonyl (C=O) groups excluding carboxylic acids is 3. The molecule has 8 nitrogen and oxygen atoms in total. The van der Waals surface area contributed by atoms with Crippen LogP contribution in [0.25, 0.3) is 16.3 Å². The van der Waals surface area contributed by atoms with E-state index in [1.54, 1.807) is 61.7 Å². The number of amides is 3. The van der Waals surface area contributed by atoms with Crippen molar-refractivity contribution in [3.63, 3.8) is 0 Å². The van der Waals surface area contributed by atoms with E-state index < -0.39 is 17.1 Å². The first-order chi connectivity index (χ1) is 23.5. The van der Waals surface area contributed by atoms with Crippen molar-refractivity contribution in [2.24, 2.45) is 0 Å². The van der Waals surface area contributed by atoms with Gasteiger partial charge in [0.05, 0.1) is 17.3 Å². The molecule has 0 spiro atoms. The number of nitrogens with one attached hydrogen (secondary N) is 3. The molecule has 0 aliphatic carbocycles. The Bertz CT molecular complexity index is 2050. The molecule has 0 saturated heterocycles. The minimum atomic E-state index is -0.553. The number of nitrogens with zero attached hydrogens (tertiary/aromatic N) is 1. The van der Waals surface area contributed by atoms with Gasteiger partial charge in [-0.05, 0) is 66.2 Å². The van der Waals surface area contributed by atoms with Crippen LogP contribution in [0.2, 0.25) is 0 Å². The first-order valence-corrected chi connectivity index (χ1v) is 16.7. The highest BCUT2D eigenvalue weighted by Gasteiger charge is 2.24. The Kier molecular flexibility index (Phi) is 10.2. The summed E-state index contributed by atoms with van der Waals surface area (Å²) in [6, 6.07) is 40.4. The van der Waals surface area contributed by atoms with Gasteiger partial charge in [-0.25, -0.2) is 4.98 Å². The molecule has 48 heavy (non-hydrogen) atoms. The molecule has 0 radical (unpaired) electrons. The molecule has 238 valence electrons. The van der Waals surface area contributed by atoms with E-state index in [-0.39, 0.29) is 11.6 Å². The second kappa shape index (κ2) is 15.3. The molecule has 1 atom stereocenters. The molecule has 0 aliphatic rings. The highest BCUT2D eigenvalue weighted by atomic mass is 32.2. The quantitative estimate of drug-likeness (QED) is 0.0948. The Labute approximate surface area is 285 Å². The summed E-state index contributed by atoms with van der Waals surface area (Å²) in [4.78, 5) is 45.6. The van der Waals surface area contributed by atoms with E-state index in [0.717, 1.165) is 20.7 Å². The summed E-state index contributed by atoms with van der Waals surface area (Å²) in [5.74, 6) is -0.570. The van der Waals surface area contributed by atoms with Gasteiger partial charge in [0.1, 0.15) is 16.7 Å².